The molecule has 6 heteroatoms. The molecular weight excluding hydrogens is 336 g/mol. The summed E-state index contributed by atoms with van der Waals surface area (Å²) in [6.07, 6.45) is 3.69. The first-order chi connectivity index (χ1) is 12.2. The zero-order valence-corrected chi connectivity index (χ0v) is 15.0. The lowest BCUT2D eigenvalue weighted by atomic mass is 10.2. The topological polar surface area (TPSA) is 56.9 Å². The van der Waals surface area contributed by atoms with Crippen molar-refractivity contribution in [1.82, 2.24) is 4.98 Å². The summed E-state index contributed by atoms with van der Waals surface area (Å²) in [5.74, 6) is 2.63. The predicted molar refractivity (Wildman–Crippen MR) is 101 cm³/mol. The van der Waals surface area contributed by atoms with Crippen molar-refractivity contribution in [3.63, 3.8) is 0 Å². The molecular formula is C19H18N2O3S. The molecule has 0 amide bonds. The zero-order chi connectivity index (χ0) is 17.6. The van der Waals surface area contributed by atoms with Crippen LogP contribution in [0.1, 0.15) is 5.56 Å². The van der Waals surface area contributed by atoms with Crippen molar-refractivity contribution < 1.29 is 13.9 Å². The molecule has 0 fully saturated rings. The number of hydrogen-bond acceptors (Lipinski definition) is 6. The first-order valence-electron chi connectivity index (χ1n) is 7.61. The first kappa shape index (κ1) is 17.1. The summed E-state index contributed by atoms with van der Waals surface area (Å²) >= 11 is 1.50. The largest absolute Gasteiger partial charge is 0.497 e. The Bertz CT molecular complexity index is 855. The Hall–Kier alpha value is -2.73. The number of benzene rings is 2. The van der Waals surface area contributed by atoms with Crippen molar-refractivity contribution in [2.24, 2.45) is 4.99 Å². The van der Waals surface area contributed by atoms with Gasteiger partial charge in [-0.3, -0.25) is 0 Å². The van der Waals surface area contributed by atoms with Gasteiger partial charge in [0.15, 0.2) is 5.03 Å². The highest BCUT2D eigenvalue weighted by Gasteiger charge is 2.13. The number of rotatable bonds is 6. The normalized spacial score (nSPS) is 11.0. The van der Waals surface area contributed by atoms with E-state index >= 15 is 0 Å². The maximum Gasteiger partial charge on any atom is 0.254 e. The van der Waals surface area contributed by atoms with Crippen LogP contribution in [0.3, 0.4) is 0 Å². The summed E-state index contributed by atoms with van der Waals surface area (Å²) in [6.45, 7) is 0. The highest BCUT2D eigenvalue weighted by Crippen LogP contribution is 2.33. The van der Waals surface area contributed by atoms with E-state index in [1.807, 2.05) is 54.8 Å². The fraction of sp³-hybridized carbons (Fsp3) is 0.158. The van der Waals surface area contributed by atoms with Gasteiger partial charge in [-0.1, -0.05) is 0 Å². The molecule has 0 saturated carbocycles. The van der Waals surface area contributed by atoms with E-state index in [2.05, 4.69) is 9.98 Å². The second kappa shape index (κ2) is 7.90. The van der Waals surface area contributed by atoms with E-state index in [-0.39, 0.29) is 0 Å². The van der Waals surface area contributed by atoms with Gasteiger partial charge < -0.3 is 13.9 Å². The second-order valence-electron chi connectivity index (χ2n) is 5.09. The molecule has 0 aliphatic rings. The zero-order valence-electron chi connectivity index (χ0n) is 14.2. The third kappa shape index (κ3) is 4.03. The summed E-state index contributed by atoms with van der Waals surface area (Å²) in [5, 5.41) is 0.746. The molecule has 3 rings (SSSR count). The number of ether oxygens (including phenoxy) is 2. The summed E-state index contributed by atoms with van der Waals surface area (Å²) in [6, 6.07) is 15.2. The van der Waals surface area contributed by atoms with Crippen molar-refractivity contribution in [3.05, 3.63) is 54.1 Å². The molecule has 5 nitrogen and oxygen atoms in total. The average molecular weight is 354 g/mol. The molecule has 1 heterocycles. The van der Waals surface area contributed by atoms with E-state index in [0.717, 1.165) is 27.7 Å². The highest BCUT2D eigenvalue weighted by atomic mass is 32.2. The Morgan fingerprint density at radius 3 is 2.12 bits per heavy atom. The summed E-state index contributed by atoms with van der Waals surface area (Å²) < 4.78 is 16.2. The van der Waals surface area contributed by atoms with Crippen molar-refractivity contribution in [2.45, 2.75) is 5.03 Å². The van der Waals surface area contributed by atoms with Gasteiger partial charge in [-0.15, -0.1) is 11.8 Å². The fourth-order valence-corrected chi connectivity index (χ4v) is 2.64. The minimum absolute atomic E-state index is 0.495. The third-order valence-electron chi connectivity index (χ3n) is 3.56. The van der Waals surface area contributed by atoms with Crippen LogP contribution in [-0.4, -0.2) is 31.7 Å². The van der Waals surface area contributed by atoms with E-state index in [4.69, 9.17) is 13.9 Å². The smallest absolute Gasteiger partial charge is 0.254 e. The standard InChI is InChI=1S/C19H18N2O3S/c1-22-15-8-4-13(5-9-15)12-20-18-19(25-3)21-17(24-18)14-6-10-16(23-2)11-7-14/h4-12H,1-3H3. The molecule has 0 spiro atoms. The molecule has 0 radical (unpaired) electrons. The van der Waals surface area contributed by atoms with Crippen LogP contribution in [0.2, 0.25) is 0 Å². The number of aliphatic imine (C=N–C) groups is 1. The molecule has 0 aliphatic carbocycles. The number of hydrogen-bond donors (Lipinski definition) is 0. The van der Waals surface area contributed by atoms with Crippen molar-refractivity contribution in [3.8, 4) is 23.0 Å². The molecule has 0 bridgehead atoms. The molecule has 3 aromatic rings. The van der Waals surface area contributed by atoms with Gasteiger partial charge in [0.25, 0.3) is 5.88 Å². The van der Waals surface area contributed by atoms with Gasteiger partial charge >= 0.3 is 0 Å². The number of nitrogens with zero attached hydrogens (tertiary/aromatic N) is 2. The number of methoxy groups -OCH3 is 2. The predicted octanol–water partition coefficient (Wildman–Crippen LogP) is 4.83. The maximum absolute atomic E-state index is 5.84. The monoisotopic (exact) mass is 354 g/mol. The molecule has 25 heavy (non-hydrogen) atoms. The van der Waals surface area contributed by atoms with E-state index in [1.54, 1.807) is 20.4 Å². The summed E-state index contributed by atoms with van der Waals surface area (Å²) in [4.78, 5) is 8.96. The van der Waals surface area contributed by atoms with Gasteiger partial charge in [-0.25, -0.2) is 9.98 Å². The summed E-state index contributed by atoms with van der Waals surface area (Å²) in [7, 11) is 3.28. The van der Waals surface area contributed by atoms with Crippen LogP contribution in [0.5, 0.6) is 11.5 Å². The average Bonchev–Trinajstić information content (AvgIpc) is 3.10. The number of thioether (sulfide) groups is 1. The molecule has 0 N–H and O–H groups in total. The molecule has 0 atom stereocenters. The van der Waals surface area contributed by atoms with Crippen LogP contribution in [-0.2, 0) is 0 Å². The Kier molecular flexibility index (Phi) is 5.40. The number of aromatic nitrogens is 1. The van der Waals surface area contributed by atoms with Gasteiger partial charge in [0, 0.05) is 11.8 Å². The Morgan fingerprint density at radius 1 is 0.960 bits per heavy atom. The van der Waals surface area contributed by atoms with Gasteiger partial charge in [0.2, 0.25) is 5.89 Å². The van der Waals surface area contributed by atoms with Crippen molar-refractivity contribution in [2.75, 3.05) is 20.5 Å². The first-order valence-corrected chi connectivity index (χ1v) is 8.83. The fourth-order valence-electron chi connectivity index (χ4n) is 2.19. The lowest BCUT2D eigenvalue weighted by Gasteiger charge is -1.99. The van der Waals surface area contributed by atoms with E-state index in [0.29, 0.717) is 11.8 Å². The van der Waals surface area contributed by atoms with Crippen molar-refractivity contribution in [1.29, 1.82) is 0 Å². The van der Waals surface area contributed by atoms with E-state index < -0.39 is 0 Å². The SMILES string of the molecule is COc1ccc(C=Nc2oc(-c3ccc(OC)cc3)nc2SC)cc1. The summed E-state index contributed by atoms with van der Waals surface area (Å²) in [5.41, 5.74) is 1.83. The molecule has 2 aromatic carbocycles. The molecule has 0 unspecified atom stereocenters. The highest BCUT2D eigenvalue weighted by molar-refractivity contribution is 7.98. The van der Waals surface area contributed by atoms with Gasteiger partial charge in [-0.2, -0.15) is 0 Å². The van der Waals surface area contributed by atoms with Gasteiger partial charge in [-0.05, 0) is 60.4 Å². The Balaban J connectivity index is 1.85. The van der Waals surface area contributed by atoms with Gasteiger partial charge in [0.05, 0.1) is 14.2 Å². The van der Waals surface area contributed by atoms with Crippen LogP contribution < -0.4 is 9.47 Å². The van der Waals surface area contributed by atoms with E-state index in [1.165, 1.54) is 11.8 Å². The van der Waals surface area contributed by atoms with Crippen LogP contribution in [0.4, 0.5) is 5.88 Å². The molecule has 1 aromatic heterocycles. The third-order valence-corrected chi connectivity index (χ3v) is 4.21. The Labute approximate surface area is 150 Å². The minimum Gasteiger partial charge on any atom is -0.497 e. The molecule has 0 aliphatic heterocycles. The lowest BCUT2D eigenvalue weighted by Crippen LogP contribution is -1.84. The van der Waals surface area contributed by atoms with Crippen LogP contribution >= 0.6 is 11.8 Å². The van der Waals surface area contributed by atoms with Crippen LogP contribution in [0, 0.1) is 0 Å². The van der Waals surface area contributed by atoms with Crippen LogP contribution in [0.25, 0.3) is 11.5 Å². The van der Waals surface area contributed by atoms with Gasteiger partial charge in [0.1, 0.15) is 11.5 Å². The second-order valence-corrected chi connectivity index (χ2v) is 5.89. The lowest BCUT2D eigenvalue weighted by molar-refractivity contribution is 0.414. The molecule has 128 valence electrons. The van der Waals surface area contributed by atoms with E-state index in [9.17, 15) is 0 Å². The van der Waals surface area contributed by atoms with Crippen molar-refractivity contribution >= 4 is 23.9 Å². The maximum atomic E-state index is 5.84. The molecule has 0 saturated heterocycles. The minimum atomic E-state index is 0.495. The Morgan fingerprint density at radius 2 is 1.56 bits per heavy atom. The van der Waals surface area contributed by atoms with Crippen LogP contribution in [0.15, 0.2) is 63.0 Å². The quantitative estimate of drug-likeness (QED) is 0.469. The number of oxazole rings is 1.